The Morgan fingerprint density at radius 1 is 1.37 bits per heavy atom. The van der Waals surface area contributed by atoms with Crippen molar-refractivity contribution in [3.05, 3.63) is 47.3 Å². The van der Waals surface area contributed by atoms with Crippen molar-refractivity contribution in [1.29, 1.82) is 0 Å². The number of para-hydroxylation sites is 1. The van der Waals surface area contributed by atoms with Crippen molar-refractivity contribution in [1.82, 2.24) is 15.1 Å². The molecule has 7 nitrogen and oxygen atoms in total. The highest BCUT2D eigenvalue weighted by Gasteiger charge is 2.26. The Labute approximate surface area is 158 Å². The lowest BCUT2D eigenvalue weighted by atomic mass is 10.0. The molecule has 0 aliphatic carbocycles. The first-order chi connectivity index (χ1) is 12.9. The Kier molecular flexibility index (Phi) is 5.78. The van der Waals surface area contributed by atoms with E-state index >= 15 is 0 Å². The summed E-state index contributed by atoms with van der Waals surface area (Å²) < 4.78 is 12.7. The number of nitrogens with zero attached hydrogens (tertiary/aromatic N) is 2. The number of amides is 1. The molecule has 1 N–H and O–H groups in total. The van der Waals surface area contributed by atoms with Crippen molar-refractivity contribution in [3.63, 3.8) is 0 Å². The molecule has 1 amide bonds. The molecule has 144 valence electrons. The molecule has 0 fully saturated rings. The molecular weight excluding hydrogens is 346 g/mol. The third-order valence-corrected chi connectivity index (χ3v) is 4.58. The highest BCUT2D eigenvalue weighted by molar-refractivity contribution is 5.83. The van der Waals surface area contributed by atoms with E-state index in [1.54, 1.807) is 11.6 Å². The summed E-state index contributed by atoms with van der Waals surface area (Å²) in [5.41, 5.74) is 2.84. The van der Waals surface area contributed by atoms with Crippen LogP contribution < -0.4 is 10.1 Å². The summed E-state index contributed by atoms with van der Waals surface area (Å²) in [6.07, 6.45) is -0.00550. The summed E-state index contributed by atoms with van der Waals surface area (Å²) in [4.78, 5) is 24.5. The largest absolute Gasteiger partial charge is 0.493 e. The Morgan fingerprint density at radius 3 is 2.89 bits per heavy atom. The van der Waals surface area contributed by atoms with Gasteiger partial charge in [-0.3, -0.25) is 14.3 Å². The van der Waals surface area contributed by atoms with Crippen molar-refractivity contribution in [3.8, 4) is 5.75 Å². The van der Waals surface area contributed by atoms with Gasteiger partial charge in [-0.2, -0.15) is 5.10 Å². The number of benzene rings is 1. The molecule has 27 heavy (non-hydrogen) atoms. The highest BCUT2D eigenvalue weighted by atomic mass is 16.5. The van der Waals surface area contributed by atoms with Crippen LogP contribution in [-0.4, -0.2) is 34.4 Å². The number of ether oxygens (including phenoxy) is 2. The van der Waals surface area contributed by atoms with Gasteiger partial charge in [0.25, 0.3) is 5.91 Å². The van der Waals surface area contributed by atoms with E-state index < -0.39 is 12.1 Å². The van der Waals surface area contributed by atoms with Crippen molar-refractivity contribution in [2.24, 2.45) is 0 Å². The zero-order valence-electron chi connectivity index (χ0n) is 15.9. The quantitative estimate of drug-likeness (QED) is 0.789. The van der Waals surface area contributed by atoms with Gasteiger partial charge < -0.3 is 14.8 Å². The van der Waals surface area contributed by atoms with Crippen LogP contribution in [0.25, 0.3) is 0 Å². The summed E-state index contributed by atoms with van der Waals surface area (Å²) in [7, 11) is 0. The maximum Gasteiger partial charge on any atom is 0.308 e. The van der Waals surface area contributed by atoms with Gasteiger partial charge in [-0.1, -0.05) is 18.2 Å². The van der Waals surface area contributed by atoms with Gasteiger partial charge in [0.15, 0.2) is 6.10 Å². The Bertz CT molecular complexity index is 830. The van der Waals surface area contributed by atoms with Crippen molar-refractivity contribution >= 4 is 11.9 Å². The van der Waals surface area contributed by atoms with Crippen LogP contribution in [0.15, 0.2) is 30.3 Å². The summed E-state index contributed by atoms with van der Waals surface area (Å²) in [5.74, 6) is 0.0531. The average molecular weight is 371 g/mol. The predicted octanol–water partition coefficient (Wildman–Crippen LogP) is 2.46. The number of nitrogens with one attached hydrogen (secondary N) is 1. The van der Waals surface area contributed by atoms with Crippen molar-refractivity contribution in [2.45, 2.75) is 52.3 Å². The van der Waals surface area contributed by atoms with Gasteiger partial charge in [-0.05, 0) is 32.9 Å². The lowest BCUT2D eigenvalue weighted by Gasteiger charge is -2.27. The van der Waals surface area contributed by atoms with E-state index in [0.29, 0.717) is 19.6 Å². The summed E-state index contributed by atoms with van der Waals surface area (Å²) in [6, 6.07) is 9.44. The van der Waals surface area contributed by atoms with E-state index in [0.717, 1.165) is 22.7 Å². The number of esters is 1. The van der Waals surface area contributed by atoms with Gasteiger partial charge in [0.05, 0.1) is 31.3 Å². The third kappa shape index (κ3) is 4.67. The Morgan fingerprint density at radius 2 is 2.15 bits per heavy atom. The monoisotopic (exact) mass is 371 g/mol. The van der Waals surface area contributed by atoms with E-state index in [2.05, 4.69) is 10.4 Å². The fourth-order valence-corrected chi connectivity index (χ4v) is 3.19. The lowest BCUT2D eigenvalue weighted by Crippen LogP contribution is -2.39. The molecule has 1 aliphatic heterocycles. The van der Waals surface area contributed by atoms with E-state index in [1.807, 2.05) is 44.2 Å². The normalized spacial score (nSPS) is 16.8. The van der Waals surface area contributed by atoms with Crippen LogP contribution in [0.4, 0.5) is 0 Å². The van der Waals surface area contributed by atoms with Crippen LogP contribution in [0.3, 0.4) is 0 Å². The molecule has 0 saturated carbocycles. The summed E-state index contributed by atoms with van der Waals surface area (Å²) in [6.45, 7) is 6.40. The maximum atomic E-state index is 12.4. The molecule has 1 aromatic carbocycles. The molecule has 2 heterocycles. The van der Waals surface area contributed by atoms with E-state index in [9.17, 15) is 9.59 Å². The highest BCUT2D eigenvalue weighted by Crippen LogP contribution is 2.31. The fraction of sp³-hybridized carbons (Fsp3) is 0.450. The van der Waals surface area contributed by atoms with Gasteiger partial charge in [0.1, 0.15) is 5.75 Å². The first kappa shape index (κ1) is 18.9. The second kappa shape index (κ2) is 8.24. The second-order valence-electron chi connectivity index (χ2n) is 6.77. The van der Waals surface area contributed by atoms with Gasteiger partial charge in [-0.15, -0.1) is 0 Å². The van der Waals surface area contributed by atoms with Gasteiger partial charge >= 0.3 is 5.97 Å². The molecule has 2 unspecified atom stereocenters. The van der Waals surface area contributed by atoms with Crippen LogP contribution in [0.2, 0.25) is 0 Å². The Hall–Kier alpha value is -2.83. The van der Waals surface area contributed by atoms with E-state index in [-0.39, 0.29) is 18.4 Å². The zero-order chi connectivity index (χ0) is 19.4. The number of aromatic nitrogens is 2. The number of hydrogen-bond donors (Lipinski definition) is 1. The van der Waals surface area contributed by atoms with E-state index in [4.69, 9.17) is 9.47 Å². The SMILES string of the molecule is Cc1cc(C)n(CCC(=O)OC(C)C(=O)NC2CCOc3ccccc32)n1. The first-order valence-corrected chi connectivity index (χ1v) is 9.16. The molecule has 7 heteroatoms. The molecular formula is C20H25N3O4. The number of carbonyl (C=O) groups excluding carboxylic acids is 2. The second-order valence-corrected chi connectivity index (χ2v) is 6.77. The molecule has 2 aromatic rings. The lowest BCUT2D eigenvalue weighted by molar-refractivity contribution is -0.155. The number of rotatable bonds is 6. The first-order valence-electron chi connectivity index (χ1n) is 9.16. The van der Waals surface area contributed by atoms with Crippen LogP contribution in [0.5, 0.6) is 5.75 Å². The third-order valence-electron chi connectivity index (χ3n) is 4.58. The molecule has 2 atom stereocenters. The summed E-state index contributed by atoms with van der Waals surface area (Å²) >= 11 is 0. The zero-order valence-corrected chi connectivity index (χ0v) is 15.9. The van der Waals surface area contributed by atoms with Crippen molar-refractivity contribution in [2.75, 3.05) is 6.61 Å². The van der Waals surface area contributed by atoms with E-state index in [1.165, 1.54) is 0 Å². The van der Waals surface area contributed by atoms with Crippen molar-refractivity contribution < 1.29 is 19.1 Å². The number of aryl methyl sites for hydroxylation is 3. The minimum absolute atomic E-state index is 0.140. The van der Waals surface area contributed by atoms with Gasteiger partial charge in [0, 0.05) is 17.7 Å². The number of fused-ring (bicyclic) bond motifs is 1. The minimum atomic E-state index is -0.854. The minimum Gasteiger partial charge on any atom is -0.493 e. The smallest absolute Gasteiger partial charge is 0.308 e. The van der Waals surface area contributed by atoms with Crippen LogP contribution in [0.1, 0.15) is 42.8 Å². The molecule has 0 radical (unpaired) electrons. The standard InChI is InChI=1S/C20H25N3O4/c1-13-12-14(2)23(22-13)10-8-19(24)27-15(3)20(25)21-17-9-11-26-18-7-5-4-6-16(17)18/h4-7,12,15,17H,8-11H2,1-3H3,(H,21,25). The topological polar surface area (TPSA) is 82.5 Å². The van der Waals surface area contributed by atoms with Gasteiger partial charge in [-0.25, -0.2) is 0 Å². The molecule has 0 bridgehead atoms. The molecule has 1 aromatic heterocycles. The Balaban J connectivity index is 1.50. The predicted molar refractivity (Wildman–Crippen MR) is 99.3 cm³/mol. The molecule has 0 spiro atoms. The average Bonchev–Trinajstić information content (AvgIpc) is 2.97. The van der Waals surface area contributed by atoms with Gasteiger partial charge in [0.2, 0.25) is 0 Å². The fourth-order valence-electron chi connectivity index (χ4n) is 3.19. The maximum absolute atomic E-state index is 12.4. The van der Waals surface area contributed by atoms with Crippen LogP contribution in [-0.2, 0) is 20.9 Å². The number of carbonyl (C=O) groups is 2. The summed E-state index contributed by atoms with van der Waals surface area (Å²) in [5, 5.41) is 7.27. The molecule has 1 aliphatic rings. The van der Waals surface area contributed by atoms with Crippen LogP contribution >= 0.6 is 0 Å². The molecule has 3 rings (SSSR count). The number of hydrogen-bond acceptors (Lipinski definition) is 5. The molecule has 0 saturated heterocycles. The van der Waals surface area contributed by atoms with Crippen LogP contribution in [0, 0.1) is 13.8 Å².